The Morgan fingerprint density at radius 2 is 2.14 bits per heavy atom. The molecule has 1 spiro atoms. The highest BCUT2D eigenvalue weighted by atomic mass is 16.5. The molecule has 3 heteroatoms. The van der Waals surface area contributed by atoms with Gasteiger partial charge in [-0.15, -0.1) is 0 Å². The van der Waals surface area contributed by atoms with Gasteiger partial charge in [0.15, 0.2) is 6.10 Å². The minimum absolute atomic E-state index is 0.194. The van der Waals surface area contributed by atoms with Crippen LogP contribution < -0.4 is 5.32 Å². The van der Waals surface area contributed by atoms with E-state index >= 15 is 0 Å². The molecule has 1 atom stereocenters. The second-order valence-corrected chi connectivity index (χ2v) is 4.77. The van der Waals surface area contributed by atoms with E-state index in [0.717, 1.165) is 12.5 Å². The molecule has 2 fully saturated rings. The van der Waals surface area contributed by atoms with Crippen molar-refractivity contribution in [3.05, 3.63) is 0 Å². The van der Waals surface area contributed by atoms with Gasteiger partial charge in [-0.25, -0.2) is 0 Å². The van der Waals surface area contributed by atoms with E-state index in [1.807, 2.05) is 0 Å². The number of ether oxygens (including phenoxy) is 1. The van der Waals surface area contributed by atoms with Crippen LogP contribution in [0.15, 0.2) is 0 Å². The number of hydrogen-bond acceptors (Lipinski definition) is 3. The third kappa shape index (κ3) is 1.92. The number of nitriles is 1. The Bertz CT molecular complexity index is 228. The van der Waals surface area contributed by atoms with Crippen molar-refractivity contribution in [3.63, 3.8) is 0 Å². The van der Waals surface area contributed by atoms with Crippen molar-refractivity contribution >= 4 is 0 Å². The van der Waals surface area contributed by atoms with Crippen LogP contribution in [0.4, 0.5) is 0 Å². The summed E-state index contributed by atoms with van der Waals surface area (Å²) >= 11 is 0. The first kappa shape index (κ1) is 9.95. The number of hydrogen-bond donors (Lipinski definition) is 1. The average molecular weight is 194 g/mol. The first-order chi connectivity index (χ1) is 6.74. The van der Waals surface area contributed by atoms with E-state index in [4.69, 9.17) is 10.00 Å². The fourth-order valence-corrected chi connectivity index (χ4v) is 2.40. The zero-order chi connectivity index (χ0) is 10.0. The second-order valence-electron chi connectivity index (χ2n) is 4.77. The summed E-state index contributed by atoms with van der Waals surface area (Å²) < 4.78 is 5.53. The molecule has 0 aromatic heterocycles. The lowest BCUT2D eigenvalue weighted by molar-refractivity contribution is -0.0255. The van der Waals surface area contributed by atoms with Crippen LogP contribution in [0.1, 0.15) is 32.6 Å². The summed E-state index contributed by atoms with van der Waals surface area (Å²) in [7, 11) is 0. The Morgan fingerprint density at radius 3 is 2.64 bits per heavy atom. The number of rotatable bonds is 0. The summed E-state index contributed by atoms with van der Waals surface area (Å²) in [5.74, 6) is 0.858. The minimum atomic E-state index is -0.236. The highest BCUT2D eigenvalue weighted by molar-refractivity contribution is 4.99. The molecule has 14 heavy (non-hydrogen) atoms. The zero-order valence-electron chi connectivity index (χ0n) is 8.75. The molecule has 0 aromatic carbocycles. The van der Waals surface area contributed by atoms with Crippen molar-refractivity contribution in [2.45, 2.75) is 44.2 Å². The zero-order valence-corrected chi connectivity index (χ0v) is 8.75. The van der Waals surface area contributed by atoms with Crippen molar-refractivity contribution < 1.29 is 4.74 Å². The predicted octanol–water partition coefficient (Wildman–Crippen LogP) is 1.45. The van der Waals surface area contributed by atoms with Gasteiger partial charge in [-0.1, -0.05) is 6.92 Å². The van der Waals surface area contributed by atoms with Gasteiger partial charge in [-0.3, -0.25) is 0 Å². The molecule has 1 saturated heterocycles. The lowest BCUT2D eigenvalue weighted by atomic mass is 9.77. The molecule has 0 bridgehead atoms. The molecule has 2 aliphatic rings. The molecule has 1 N–H and O–H groups in total. The summed E-state index contributed by atoms with van der Waals surface area (Å²) in [6.45, 7) is 3.73. The molecule has 1 aliphatic carbocycles. The van der Waals surface area contributed by atoms with Crippen LogP contribution in [0, 0.1) is 17.2 Å². The van der Waals surface area contributed by atoms with Gasteiger partial charge in [0, 0.05) is 12.1 Å². The first-order valence-electron chi connectivity index (χ1n) is 5.50. The Morgan fingerprint density at radius 1 is 1.43 bits per heavy atom. The third-order valence-corrected chi connectivity index (χ3v) is 3.60. The van der Waals surface area contributed by atoms with Gasteiger partial charge in [-0.2, -0.15) is 5.26 Å². The quantitative estimate of drug-likeness (QED) is 0.634. The minimum Gasteiger partial charge on any atom is -0.360 e. The maximum atomic E-state index is 8.70. The molecular formula is C11H18N2O. The average Bonchev–Trinajstić information content (AvgIpc) is 2.24. The van der Waals surface area contributed by atoms with E-state index in [1.54, 1.807) is 0 Å². The fourth-order valence-electron chi connectivity index (χ4n) is 2.40. The molecule has 2 rings (SSSR count). The van der Waals surface area contributed by atoms with Crippen LogP contribution in [0.3, 0.4) is 0 Å². The van der Waals surface area contributed by atoms with Crippen LogP contribution in [0.25, 0.3) is 0 Å². The van der Waals surface area contributed by atoms with Crippen molar-refractivity contribution in [2.75, 3.05) is 13.2 Å². The topological polar surface area (TPSA) is 45.0 Å². The molecule has 0 aromatic rings. The molecule has 1 heterocycles. The molecule has 78 valence electrons. The Balaban J connectivity index is 1.90. The van der Waals surface area contributed by atoms with Gasteiger partial charge in [0.1, 0.15) is 0 Å². The predicted molar refractivity (Wildman–Crippen MR) is 53.7 cm³/mol. The maximum Gasteiger partial charge on any atom is 0.156 e. The van der Waals surface area contributed by atoms with E-state index in [0.29, 0.717) is 6.54 Å². The molecule has 1 saturated carbocycles. The SMILES string of the molecule is CC1CCC2(CC1)COC(C#N)CN2. The number of nitrogens with one attached hydrogen (secondary N) is 1. The van der Waals surface area contributed by atoms with E-state index < -0.39 is 0 Å². The summed E-state index contributed by atoms with van der Waals surface area (Å²) in [5.41, 5.74) is 0.194. The van der Waals surface area contributed by atoms with E-state index in [2.05, 4.69) is 18.3 Å². The Hall–Kier alpha value is -0.590. The molecule has 1 aliphatic heterocycles. The third-order valence-electron chi connectivity index (χ3n) is 3.60. The van der Waals surface area contributed by atoms with E-state index in [1.165, 1.54) is 25.7 Å². The Kier molecular flexibility index (Phi) is 2.76. The lowest BCUT2D eigenvalue weighted by Gasteiger charge is -2.43. The Labute approximate surface area is 85.4 Å². The van der Waals surface area contributed by atoms with E-state index in [-0.39, 0.29) is 11.6 Å². The van der Waals surface area contributed by atoms with E-state index in [9.17, 15) is 0 Å². The molecule has 0 amide bonds. The van der Waals surface area contributed by atoms with Crippen LogP contribution in [-0.2, 0) is 4.74 Å². The first-order valence-corrected chi connectivity index (χ1v) is 5.50. The van der Waals surface area contributed by atoms with Crippen LogP contribution >= 0.6 is 0 Å². The standard InChI is InChI=1S/C11H18N2O/c1-9-2-4-11(5-3-9)8-14-10(6-12)7-13-11/h9-10,13H,2-5,7-8H2,1H3. The number of morpholine rings is 1. The van der Waals surface area contributed by atoms with Gasteiger partial charge in [0.2, 0.25) is 0 Å². The van der Waals surface area contributed by atoms with Crippen molar-refractivity contribution in [3.8, 4) is 6.07 Å². The maximum absolute atomic E-state index is 8.70. The lowest BCUT2D eigenvalue weighted by Crippen LogP contribution is -2.58. The van der Waals surface area contributed by atoms with Crippen LogP contribution in [-0.4, -0.2) is 24.8 Å². The van der Waals surface area contributed by atoms with Crippen molar-refractivity contribution in [2.24, 2.45) is 5.92 Å². The normalized spacial score (nSPS) is 43.4. The van der Waals surface area contributed by atoms with Crippen LogP contribution in [0.5, 0.6) is 0 Å². The molecule has 3 nitrogen and oxygen atoms in total. The molecule has 0 radical (unpaired) electrons. The second kappa shape index (κ2) is 3.88. The molecule has 1 unspecified atom stereocenters. The van der Waals surface area contributed by atoms with Gasteiger partial charge in [-0.05, 0) is 31.6 Å². The smallest absolute Gasteiger partial charge is 0.156 e. The summed E-state index contributed by atoms with van der Waals surface area (Å²) in [4.78, 5) is 0. The highest BCUT2D eigenvalue weighted by Gasteiger charge is 2.38. The van der Waals surface area contributed by atoms with Crippen molar-refractivity contribution in [1.82, 2.24) is 5.32 Å². The summed E-state index contributed by atoms with van der Waals surface area (Å²) in [6.07, 6.45) is 4.74. The number of nitrogens with zero attached hydrogens (tertiary/aromatic N) is 1. The van der Waals surface area contributed by atoms with Gasteiger partial charge < -0.3 is 10.1 Å². The molecular weight excluding hydrogens is 176 g/mol. The highest BCUT2D eigenvalue weighted by Crippen LogP contribution is 2.33. The van der Waals surface area contributed by atoms with Crippen LogP contribution in [0.2, 0.25) is 0 Å². The van der Waals surface area contributed by atoms with Gasteiger partial charge in [0.25, 0.3) is 0 Å². The van der Waals surface area contributed by atoms with Gasteiger partial charge >= 0.3 is 0 Å². The summed E-state index contributed by atoms with van der Waals surface area (Å²) in [6, 6.07) is 2.15. The van der Waals surface area contributed by atoms with Crippen molar-refractivity contribution in [1.29, 1.82) is 5.26 Å². The monoisotopic (exact) mass is 194 g/mol. The summed E-state index contributed by atoms with van der Waals surface area (Å²) in [5, 5.41) is 12.2. The van der Waals surface area contributed by atoms with Gasteiger partial charge in [0.05, 0.1) is 12.7 Å². The fraction of sp³-hybridized carbons (Fsp3) is 0.909. The largest absolute Gasteiger partial charge is 0.360 e.